The molecule has 0 aliphatic carbocycles. The topological polar surface area (TPSA) is 225 Å². The minimum absolute atomic E-state index is 0.615. The summed E-state index contributed by atoms with van der Waals surface area (Å²) in [6.07, 6.45) is -1.90. The van der Waals surface area contributed by atoms with Crippen molar-refractivity contribution in [2.24, 2.45) is 5.73 Å². The number of carbonyl (C=O) groups is 4. The van der Waals surface area contributed by atoms with Crippen LogP contribution in [0.2, 0.25) is 0 Å². The molecular formula is C13H16N4O9S. The second-order valence-electron chi connectivity index (χ2n) is 5.17. The van der Waals surface area contributed by atoms with E-state index in [1.54, 1.807) is 4.83 Å². The molecule has 0 radical (unpaired) electrons. The maximum Gasteiger partial charge on any atom is 0.342 e. The Morgan fingerprint density at radius 3 is 1.85 bits per heavy atom. The standard InChI is InChI=1S/C13H16N4O9S/c1-5(14)10(18)15-9(13(23)24)16-17-27(25,26)8-3-6(11(19)20)2-7(4-8)12(21)22/h2-5,9,16-17H,14H2,1H3,(H,15,18)(H,19,20)(H,21,22)(H,23,24). The van der Waals surface area contributed by atoms with Gasteiger partial charge in [-0.05, 0) is 25.1 Å². The lowest BCUT2D eigenvalue weighted by atomic mass is 10.1. The van der Waals surface area contributed by atoms with Crippen LogP contribution in [0, 0.1) is 0 Å². The number of benzene rings is 1. The molecule has 0 aliphatic rings. The van der Waals surface area contributed by atoms with Crippen LogP contribution in [-0.4, -0.2) is 59.8 Å². The SMILES string of the molecule is CC(N)C(=O)NC(NNS(=O)(=O)c1cc(C(=O)O)cc(C(=O)O)c1)C(=O)O. The van der Waals surface area contributed by atoms with E-state index in [1.165, 1.54) is 6.92 Å². The normalized spacial score (nSPS) is 13.4. The van der Waals surface area contributed by atoms with Crippen molar-refractivity contribution < 1.29 is 42.9 Å². The van der Waals surface area contributed by atoms with Crippen molar-refractivity contribution in [2.45, 2.75) is 24.0 Å². The molecule has 13 nitrogen and oxygen atoms in total. The van der Waals surface area contributed by atoms with Crippen LogP contribution in [0.5, 0.6) is 0 Å². The minimum Gasteiger partial charge on any atom is -0.479 e. The van der Waals surface area contributed by atoms with Crippen LogP contribution in [0.1, 0.15) is 27.6 Å². The van der Waals surface area contributed by atoms with Gasteiger partial charge in [-0.25, -0.2) is 28.2 Å². The summed E-state index contributed by atoms with van der Waals surface area (Å²) < 4.78 is 24.5. The molecule has 1 amide bonds. The number of nitrogens with one attached hydrogen (secondary N) is 3. The summed E-state index contributed by atoms with van der Waals surface area (Å²) in [5, 5.41) is 28.8. The van der Waals surface area contributed by atoms with Gasteiger partial charge in [-0.1, -0.05) is 0 Å². The van der Waals surface area contributed by atoms with E-state index >= 15 is 0 Å². The maximum atomic E-state index is 12.2. The fourth-order valence-corrected chi connectivity index (χ4v) is 2.58. The number of sulfonamides is 1. The zero-order valence-electron chi connectivity index (χ0n) is 13.7. The third-order valence-electron chi connectivity index (χ3n) is 3.00. The fraction of sp³-hybridized carbons (Fsp3) is 0.231. The van der Waals surface area contributed by atoms with Gasteiger partial charge in [-0.3, -0.25) is 4.79 Å². The lowest BCUT2D eigenvalue weighted by Gasteiger charge is -2.18. The monoisotopic (exact) mass is 404 g/mol. The molecule has 2 unspecified atom stereocenters. The Labute approximate surface area is 152 Å². The number of aromatic carboxylic acids is 2. The zero-order valence-corrected chi connectivity index (χ0v) is 14.5. The second kappa shape index (κ2) is 8.54. The van der Waals surface area contributed by atoms with Crippen LogP contribution in [-0.2, 0) is 19.6 Å². The molecule has 1 aromatic carbocycles. The number of rotatable bonds is 9. The first kappa shape index (κ1) is 22.0. The van der Waals surface area contributed by atoms with Gasteiger partial charge in [0.2, 0.25) is 5.91 Å². The highest BCUT2D eigenvalue weighted by molar-refractivity contribution is 7.89. The van der Waals surface area contributed by atoms with E-state index in [1.807, 2.05) is 10.7 Å². The van der Waals surface area contributed by atoms with E-state index in [9.17, 15) is 27.6 Å². The summed E-state index contributed by atoms with van der Waals surface area (Å²) in [6.45, 7) is 1.27. The third-order valence-corrected chi connectivity index (χ3v) is 4.24. The summed E-state index contributed by atoms with van der Waals surface area (Å²) >= 11 is 0. The van der Waals surface area contributed by atoms with E-state index in [-0.39, 0.29) is 0 Å². The molecule has 14 heteroatoms. The van der Waals surface area contributed by atoms with Gasteiger partial charge in [0.05, 0.1) is 22.1 Å². The first-order valence-corrected chi connectivity index (χ1v) is 8.51. The van der Waals surface area contributed by atoms with Crippen LogP contribution in [0.25, 0.3) is 0 Å². The number of amides is 1. The average molecular weight is 404 g/mol. The molecule has 0 fully saturated rings. The molecule has 0 saturated carbocycles. The van der Waals surface area contributed by atoms with Crippen LogP contribution >= 0.6 is 0 Å². The summed E-state index contributed by atoms with van der Waals surface area (Å²) in [5.41, 5.74) is 5.86. The molecular weight excluding hydrogens is 388 g/mol. The summed E-state index contributed by atoms with van der Waals surface area (Å²) in [5.74, 6) is -5.70. The number of aliphatic carboxylic acids is 1. The van der Waals surface area contributed by atoms with E-state index in [0.717, 1.165) is 6.07 Å². The number of hydrazine groups is 1. The Kier molecular flexibility index (Phi) is 6.95. The predicted molar refractivity (Wildman–Crippen MR) is 87.0 cm³/mol. The van der Waals surface area contributed by atoms with Gasteiger partial charge < -0.3 is 26.4 Å². The Balaban J connectivity index is 3.12. The smallest absolute Gasteiger partial charge is 0.342 e. The number of hydrogen-bond donors (Lipinski definition) is 7. The van der Waals surface area contributed by atoms with Crippen molar-refractivity contribution in [1.29, 1.82) is 0 Å². The lowest BCUT2D eigenvalue weighted by Crippen LogP contribution is -2.58. The molecule has 148 valence electrons. The van der Waals surface area contributed by atoms with Crippen molar-refractivity contribution in [1.82, 2.24) is 15.6 Å². The second-order valence-corrected chi connectivity index (χ2v) is 6.86. The summed E-state index contributed by atoms with van der Waals surface area (Å²) in [6, 6.07) is 1.03. The molecule has 0 spiro atoms. The highest BCUT2D eigenvalue weighted by Gasteiger charge is 2.25. The maximum absolute atomic E-state index is 12.2. The molecule has 0 saturated heterocycles. The minimum atomic E-state index is -4.59. The van der Waals surface area contributed by atoms with Gasteiger partial charge in [0.25, 0.3) is 10.0 Å². The summed E-state index contributed by atoms with van der Waals surface area (Å²) in [7, 11) is -4.59. The largest absolute Gasteiger partial charge is 0.479 e. The van der Waals surface area contributed by atoms with E-state index in [4.69, 9.17) is 21.1 Å². The van der Waals surface area contributed by atoms with Crippen molar-refractivity contribution in [3.05, 3.63) is 29.3 Å². The number of nitrogens with two attached hydrogens (primary N) is 1. The highest BCUT2D eigenvalue weighted by atomic mass is 32.2. The van der Waals surface area contributed by atoms with Gasteiger partial charge in [0, 0.05) is 0 Å². The zero-order chi connectivity index (χ0) is 20.9. The Hall–Kier alpha value is -3.07. The van der Waals surface area contributed by atoms with Crippen LogP contribution in [0.3, 0.4) is 0 Å². The van der Waals surface area contributed by atoms with Crippen LogP contribution in [0.4, 0.5) is 0 Å². The first-order valence-electron chi connectivity index (χ1n) is 7.03. The number of carboxylic acid groups (broad SMARTS) is 3. The molecule has 0 heterocycles. The van der Waals surface area contributed by atoms with Crippen LogP contribution in [0.15, 0.2) is 23.1 Å². The molecule has 0 bridgehead atoms. The predicted octanol–water partition coefficient (Wildman–Crippen LogP) is -2.26. The number of carbonyl (C=O) groups excluding carboxylic acids is 1. The summed E-state index contributed by atoms with van der Waals surface area (Å²) in [4.78, 5) is 45.5. The number of hydrogen-bond acceptors (Lipinski definition) is 8. The van der Waals surface area contributed by atoms with Gasteiger partial charge >= 0.3 is 17.9 Å². The van der Waals surface area contributed by atoms with E-state index in [0.29, 0.717) is 12.1 Å². The van der Waals surface area contributed by atoms with Gasteiger partial charge in [0.15, 0.2) is 6.17 Å². The Morgan fingerprint density at radius 2 is 1.48 bits per heavy atom. The molecule has 1 rings (SSSR count). The molecule has 1 aromatic rings. The van der Waals surface area contributed by atoms with Gasteiger partial charge in [-0.2, -0.15) is 0 Å². The Morgan fingerprint density at radius 1 is 1.00 bits per heavy atom. The van der Waals surface area contributed by atoms with Crippen molar-refractivity contribution in [2.75, 3.05) is 0 Å². The fourth-order valence-electron chi connectivity index (χ4n) is 1.63. The quantitative estimate of drug-likeness (QED) is 0.172. The lowest BCUT2D eigenvalue weighted by molar-refractivity contribution is -0.143. The van der Waals surface area contributed by atoms with Gasteiger partial charge in [0.1, 0.15) is 0 Å². The van der Waals surface area contributed by atoms with Crippen molar-refractivity contribution in [3.63, 3.8) is 0 Å². The Bertz CT molecular complexity index is 850. The molecule has 27 heavy (non-hydrogen) atoms. The molecule has 2 atom stereocenters. The van der Waals surface area contributed by atoms with E-state index in [2.05, 4.69) is 0 Å². The highest BCUT2D eigenvalue weighted by Crippen LogP contribution is 2.15. The third kappa shape index (κ3) is 6.00. The van der Waals surface area contributed by atoms with E-state index < -0.39 is 62.1 Å². The molecule has 0 aromatic heterocycles. The molecule has 8 N–H and O–H groups in total. The van der Waals surface area contributed by atoms with Crippen molar-refractivity contribution >= 4 is 33.8 Å². The van der Waals surface area contributed by atoms with Gasteiger partial charge in [-0.15, -0.1) is 4.83 Å². The average Bonchev–Trinajstić information content (AvgIpc) is 2.57. The van der Waals surface area contributed by atoms with Crippen LogP contribution < -0.4 is 21.3 Å². The first-order chi connectivity index (χ1) is 12.3. The number of carboxylic acids is 3. The van der Waals surface area contributed by atoms with Crippen molar-refractivity contribution in [3.8, 4) is 0 Å². The molecule has 0 aliphatic heterocycles.